The minimum atomic E-state index is -0.152. The molecule has 8 aromatic carbocycles. The number of Topliss-reactive ketones (excluding diaryl/α,β-unsaturated/α-hetero) is 8. The van der Waals surface area contributed by atoms with Crippen LogP contribution in [-0.4, -0.2) is 81.8 Å². The lowest BCUT2D eigenvalue weighted by Crippen LogP contribution is -2.03. The largest absolute Gasteiger partial charge is 0.497 e. The van der Waals surface area contributed by atoms with Gasteiger partial charge in [-0.05, 0) is 174 Å². The van der Waals surface area contributed by atoms with E-state index in [1.165, 1.54) is 44.5 Å². The van der Waals surface area contributed by atoms with Crippen LogP contribution in [0.4, 0.5) is 0 Å². The summed E-state index contributed by atoms with van der Waals surface area (Å²) in [5, 5.41) is 4.11. The fraction of sp³-hybridized carbons (Fsp3) is 0.235. The molecular weight excluding hydrogens is 1020 g/mol. The SMILES string of the molecule is CC(=O)CCc1ccc(C(C)=O)cc1.CC(=O)c1cc(C(C)=O)cc(C(C)=O)c1.CC(=O)c1ccc2cc(C(C)=O)ccc2c1.COc1ccc(C)cc1OC.COc1ccc2cc(C(C)=O)ccc2c1.COc1ccccc1OC. The molecule has 0 saturated carbocycles. The van der Waals surface area contributed by atoms with Crippen molar-refractivity contribution in [1.29, 1.82) is 0 Å². The van der Waals surface area contributed by atoms with Gasteiger partial charge in [-0.25, -0.2) is 0 Å². The molecule has 0 aromatic heterocycles. The molecular formula is C68H72O13. The van der Waals surface area contributed by atoms with Gasteiger partial charge in [0.25, 0.3) is 0 Å². The van der Waals surface area contributed by atoms with Crippen LogP contribution in [0.5, 0.6) is 28.7 Å². The summed E-state index contributed by atoms with van der Waals surface area (Å²) >= 11 is 0. The molecule has 13 heteroatoms. The maximum Gasteiger partial charge on any atom is 0.160 e. The standard InChI is InChI=1S/C14H12O2.C13H12O2.C12H12O3.C12H14O2.C9H12O2.C8H10O2/c1-9(15)11-3-5-14-8-12(10(2)16)4-6-13(14)7-11;1-9(14)10-3-4-12-8-13(15-2)6-5-11(12)7-10;1-7(13)10-4-11(8(2)14)6-12(5-10)9(3)15;1-9(13)3-4-11-5-7-12(8-6-11)10(2)14;1-7-4-5-8(10-2)9(6-7)11-3;1-9-7-5-3-4-6-8(7)10-2/h3-8H,1-2H3;3-8H,1-2H3;4-6H,1-3H3;5-8H,3-4H2,1-2H3;4-6H,1-3H3;3-6H,1-2H3. The van der Waals surface area contributed by atoms with Crippen LogP contribution in [0, 0.1) is 6.92 Å². The van der Waals surface area contributed by atoms with E-state index < -0.39 is 0 Å². The van der Waals surface area contributed by atoms with E-state index in [2.05, 4.69) is 0 Å². The Hall–Kier alpha value is -9.36. The third kappa shape index (κ3) is 21.8. The zero-order valence-electron chi connectivity index (χ0n) is 48.7. The van der Waals surface area contributed by atoms with E-state index >= 15 is 0 Å². The quantitative estimate of drug-likeness (QED) is 0.0885. The van der Waals surface area contributed by atoms with Gasteiger partial charge >= 0.3 is 0 Å². The highest BCUT2D eigenvalue weighted by Gasteiger charge is 2.11. The summed E-state index contributed by atoms with van der Waals surface area (Å²) in [7, 11) is 8.16. The average Bonchev–Trinajstić information content (AvgIpc) is 3.50. The summed E-state index contributed by atoms with van der Waals surface area (Å²) in [6.07, 6.45) is 1.33. The van der Waals surface area contributed by atoms with Crippen molar-refractivity contribution >= 4 is 67.8 Å². The Labute approximate surface area is 475 Å². The first-order valence-electron chi connectivity index (χ1n) is 25.7. The first-order chi connectivity index (χ1) is 38.4. The maximum atomic E-state index is 11.2. The molecule has 0 N–H and O–H groups in total. The summed E-state index contributed by atoms with van der Waals surface area (Å²) in [5.41, 5.74) is 6.32. The number of carbonyl (C=O) groups is 8. The molecule has 81 heavy (non-hydrogen) atoms. The highest BCUT2D eigenvalue weighted by atomic mass is 16.5. The molecule has 8 aromatic rings. The van der Waals surface area contributed by atoms with Crippen LogP contribution in [-0.2, 0) is 11.2 Å². The summed E-state index contributed by atoms with van der Waals surface area (Å²) in [6, 6.07) is 47.8. The molecule has 422 valence electrons. The Balaban J connectivity index is 0.000000257. The number of hydrogen-bond acceptors (Lipinski definition) is 13. The van der Waals surface area contributed by atoms with Gasteiger partial charge in [-0.1, -0.05) is 84.9 Å². The van der Waals surface area contributed by atoms with Crippen molar-refractivity contribution < 1.29 is 62.0 Å². The van der Waals surface area contributed by atoms with Gasteiger partial charge in [0, 0.05) is 45.4 Å². The number of hydrogen-bond donors (Lipinski definition) is 0. The van der Waals surface area contributed by atoms with Crippen molar-refractivity contribution in [3.8, 4) is 28.7 Å². The van der Waals surface area contributed by atoms with Crippen molar-refractivity contribution in [3.63, 3.8) is 0 Å². The van der Waals surface area contributed by atoms with Crippen LogP contribution in [0.2, 0.25) is 0 Å². The van der Waals surface area contributed by atoms with Crippen molar-refractivity contribution in [1.82, 2.24) is 0 Å². The molecule has 0 aliphatic carbocycles. The number of fused-ring (bicyclic) bond motifs is 2. The van der Waals surface area contributed by atoms with E-state index in [-0.39, 0.29) is 46.3 Å². The minimum absolute atomic E-state index is 0.0533. The van der Waals surface area contributed by atoms with Crippen molar-refractivity contribution in [2.75, 3.05) is 35.5 Å². The van der Waals surface area contributed by atoms with Gasteiger partial charge in [-0.15, -0.1) is 0 Å². The Morgan fingerprint density at radius 1 is 0.309 bits per heavy atom. The van der Waals surface area contributed by atoms with Crippen molar-refractivity contribution in [2.24, 2.45) is 0 Å². The molecule has 0 unspecified atom stereocenters. The van der Waals surface area contributed by atoms with Gasteiger partial charge in [0.2, 0.25) is 0 Å². The number of aryl methyl sites for hydroxylation is 2. The molecule has 0 radical (unpaired) electrons. The Morgan fingerprint density at radius 2 is 0.642 bits per heavy atom. The van der Waals surface area contributed by atoms with Crippen molar-refractivity contribution in [2.45, 2.75) is 75.2 Å². The molecule has 0 spiro atoms. The third-order valence-electron chi connectivity index (χ3n) is 12.2. The van der Waals surface area contributed by atoms with Gasteiger partial charge in [0.05, 0.1) is 35.5 Å². The van der Waals surface area contributed by atoms with E-state index in [1.807, 2.05) is 122 Å². The molecule has 0 fully saturated rings. The zero-order valence-corrected chi connectivity index (χ0v) is 48.7. The molecule has 0 saturated heterocycles. The fourth-order valence-electron chi connectivity index (χ4n) is 7.45. The topological polar surface area (TPSA) is 183 Å². The van der Waals surface area contributed by atoms with Crippen LogP contribution >= 0.6 is 0 Å². The summed E-state index contributed by atoms with van der Waals surface area (Å²) in [6.45, 7) is 14.0. The van der Waals surface area contributed by atoms with E-state index in [4.69, 9.17) is 23.7 Å². The number of para-hydroxylation sites is 2. The van der Waals surface area contributed by atoms with Gasteiger partial charge in [0.1, 0.15) is 11.5 Å². The Bertz CT molecular complexity index is 3340. The van der Waals surface area contributed by atoms with Crippen LogP contribution in [0.25, 0.3) is 21.5 Å². The second-order valence-electron chi connectivity index (χ2n) is 18.5. The minimum Gasteiger partial charge on any atom is -0.497 e. The van der Waals surface area contributed by atoms with E-state index in [0.29, 0.717) is 34.2 Å². The van der Waals surface area contributed by atoms with Gasteiger partial charge in [0.15, 0.2) is 63.5 Å². The van der Waals surface area contributed by atoms with Crippen LogP contribution in [0.3, 0.4) is 0 Å². The van der Waals surface area contributed by atoms with Crippen LogP contribution < -0.4 is 23.7 Å². The van der Waals surface area contributed by atoms with Gasteiger partial charge < -0.3 is 28.5 Å². The van der Waals surface area contributed by atoms with E-state index in [1.54, 1.807) is 94.4 Å². The molecule has 0 aliphatic rings. The average molecular weight is 1100 g/mol. The number of rotatable bonds is 15. The van der Waals surface area contributed by atoms with Gasteiger partial charge in [-0.2, -0.15) is 0 Å². The predicted molar refractivity (Wildman–Crippen MR) is 320 cm³/mol. The lowest BCUT2D eigenvalue weighted by molar-refractivity contribution is -0.117. The molecule has 13 nitrogen and oxygen atoms in total. The first kappa shape index (κ1) is 65.9. The second kappa shape index (κ2) is 33.2. The Kier molecular flexibility index (Phi) is 27.0. The van der Waals surface area contributed by atoms with E-state index in [0.717, 1.165) is 73.4 Å². The molecule has 0 aliphatic heterocycles. The van der Waals surface area contributed by atoms with Crippen LogP contribution in [0.1, 0.15) is 145 Å². The predicted octanol–water partition coefficient (Wildman–Crippen LogP) is 14.7. The third-order valence-corrected chi connectivity index (χ3v) is 12.2. The zero-order chi connectivity index (χ0) is 60.3. The summed E-state index contributed by atoms with van der Waals surface area (Å²) in [5.74, 6) is 3.94. The number of benzene rings is 8. The number of ether oxygens (including phenoxy) is 5. The van der Waals surface area contributed by atoms with Crippen molar-refractivity contribution in [3.05, 3.63) is 208 Å². The fourth-order valence-corrected chi connectivity index (χ4v) is 7.45. The summed E-state index contributed by atoms with van der Waals surface area (Å²) in [4.78, 5) is 88.8. The molecule has 0 heterocycles. The Morgan fingerprint density at radius 3 is 0.975 bits per heavy atom. The van der Waals surface area contributed by atoms with E-state index in [9.17, 15) is 38.4 Å². The lowest BCUT2D eigenvalue weighted by Gasteiger charge is -2.06. The number of carbonyl (C=O) groups excluding carboxylic acids is 8. The normalized spacial score (nSPS) is 9.85. The second-order valence-corrected chi connectivity index (χ2v) is 18.5. The van der Waals surface area contributed by atoms with Gasteiger partial charge in [-0.3, -0.25) is 33.6 Å². The maximum absolute atomic E-state index is 11.2. The smallest absolute Gasteiger partial charge is 0.160 e. The number of methoxy groups -OCH3 is 5. The molecule has 0 atom stereocenters. The molecule has 8 rings (SSSR count). The molecule has 0 amide bonds. The lowest BCUT2D eigenvalue weighted by atomic mass is 10.00. The highest BCUT2D eigenvalue weighted by Crippen LogP contribution is 2.28. The first-order valence-corrected chi connectivity index (χ1v) is 25.7. The van der Waals surface area contributed by atoms with Crippen LogP contribution in [0.15, 0.2) is 158 Å². The summed E-state index contributed by atoms with van der Waals surface area (Å²) < 4.78 is 25.3. The number of ketones is 8. The monoisotopic (exact) mass is 1100 g/mol. The molecule has 0 bridgehead atoms. The highest BCUT2D eigenvalue weighted by molar-refractivity contribution is 6.05.